The smallest absolute Gasteiger partial charge is 0.249 e. The molecule has 11 heteroatoms. The molecule has 2 atom stereocenters. The monoisotopic (exact) mass is 578 g/mol. The molecule has 4 aliphatic heterocycles. The van der Waals surface area contributed by atoms with E-state index in [1.54, 1.807) is 12.1 Å². The normalized spacial score (nSPS) is 22.4. The van der Waals surface area contributed by atoms with E-state index in [1.807, 2.05) is 30.3 Å². The summed E-state index contributed by atoms with van der Waals surface area (Å²) in [6.07, 6.45) is 3.43. The second-order valence-electron chi connectivity index (χ2n) is 10.6. The molecular weight excluding hydrogens is 554 g/mol. The van der Waals surface area contributed by atoms with Crippen molar-refractivity contribution in [3.63, 3.8) is 0 Å². The number of nitrogens with one attached hydrogen (secondary N) is 1. The van der Waals surface area contributed by atoms with Crippen LogP contribution in [0.1, 0.15) is 34.3 Å². The number of amides is 1. The summed E-state index contributed by atoms with van der Waals surface area (Å²) < 4.78 is 50.4. The van der Waals surface area contributed by atoms with Gasteiger partial charge >= 0.3 is 0 Å². The van der Waals surface area contributed by atoms with Gasteiger partial charge in [-0.15, -0.1) is 0 Å². The molecule has 0 aliphatic carbocycles. The van der Waals surface area contributed by atoms with Gasteiger partial charge in [0.25, 0.3) is 0 Å². The number of allylic oxidation sites excluding steroid dienone is 1. The summed E-state index contributed by atoms with van der Waals surface area (Å²) in [7, 11) is 1.74. The zero-order chi connectivity index (χ0) is 28.5. The number of ether oxygens (including phenoxy) is 3. The number of nitrogens with two attached hydrogens (primary N) is 1. The highest BCUT2D eigenvalue weighted by Crippen LogP contribution is 2.54. The molecule has 1 saturated heterocycles. The van der Waals surface area contributed by atoms with Crippen LogP contribution in [0.3, 0.4) is 0 Å². The Morgan fingerprint density at radius 2 is 1.98 bits per heavy atom. The van der Waals surface area contributed by atoms with E-state index in [9.17, 15) is 4.79 Å². The van der Waals surface area contributed by atoms with E-state index in [-0.39, 0.29) is 63.7 Å². The SMILES string of the molecule is CN1CC2=C(C=N1)Oc1c(cc(C(N)=O)c(-c3c(Cl)c(F)cc4c3C[C@](c3ccccc3)([C@@H]3CCCN3)O4)c1F)O2. The van der Waals surface area contributed by atoms with Crippen LogP contribution in [-0.2, 0) is 12.0 Å². The van der Waals surface area contributed by atoms with Crippen LogP contribution in [0.4, 0.5) is 8.78 Å². The summed E-state index contributed by atoms with van der Waals surface area (Å²) in [4.78, 5) is 12.8. The summed E-state index contributed by atoms with van der Waals surface area (Å²) in [6, 6.07) is 12.1. The van der Waals surface area contributed by atoms with Gasteiger partial charge in [-0.3, -0.25) is 9.80 Å². The lowest BCUT2D eigenvalue weighted by molar-refractivity contribution is 0.0539. The fraction of sp³-hybridized carbons (Fsp3) is 0.267. The van der Waals surface area contributed by atoms with Gasteiger partial charge in [0.1, 0.15) is 11.6 Å². The molecule has 7 rings (SSSR count). The number of fused-ring (bicyclic) bond motifs is 2. The maximum absolute atomic E-state index is 16.6. The first-order chi connectivity index (χ1) is 19.8. The molecule has 1 amide bonds. The minimum absolute atomic E-state index is 0.00742. The molecule has 0 radical (unpaired) electrons. The first kappa shape index (κ1) is 25.8. The van der Waals surface area contributed by atoms with Crippen LogP contribution in [0.2, 0.25) is 5.02 Å². The van der Waals surface area contributed by atoms with E-state index in [2.05, 4.69) is 10.4 Å². The first-order valence-electron chi connectivity index (χ1n) is 13.3. The van der Waals surface area contributed by atoms with Gasteiger partial charge in [-0.05, 0) is 31.0 Å². The van der Waals surface area contributed by atoms with Gasteiger partial charge in [-0.1, -0.05) is 41.9 Å². The van der Waals surface area contributed by atoms with Crippen LogP contribution >= 0.6 is 11.6 Å². The molecule has 41 heavy (non-hydrogen) atoms. The van der Waals surface area contributed by atoms with Crippen molar-refractivity contribution in [1.82, 2.24) is 10.3 Å². The van der Waals surface area contributed by atoms with Gasteiger partial charge < -0.3 is 25.3 Å². The number of hydrogen-bond donors (Lipinski definition) is 2. The predicted octanol–water partition coefficient (Wildman–Crippen LogP) is 4.88. The second-order valence-corrected chi connectivity index (χ2v) is 10.9. The lowest BCUT2D eigenvalue weighted by atomic mass is 9.80. The third-order valence-electron chi connectivity index (χ3n) is 8.07. The molecule has 1 fully saturated rings. The van der Waals surface area contributed by atoms with Gasteiger partial charge in [-0.2, -0.15) is 5.10 Å². The number of halogens is 3. The van der Waals surface area contributed by atoms with E-state index in [1.165, 1.54) is 18.3 Å². The van der Waals surface area contributed by atoms with Gasteiger partial charge in [0, 0.05) is 36.2 Å². The summed E-state index contributed by atoms with van der Waals surface area (Å²) in [6.45, 7) is 1.08. The molecule has 0 aromatic heterocycles. The lowest BCUT2D eigenvalue weighted by Crippen LogP contribution is -2.48. The Morgan fingerprint density at radius 1 is 1.17 bits per heavy atom. The lowest BCUT2D eigenvalue weighted by Gasteiger charge is -2.35. The molecule has 8 nitrogen and oxygen atoms in total. The molecule has 0 spiro atoms. The zero-order valence-corrected chi connectivity index (χ0v) is 22.7. The van der Waals surface area contributed by atoms with Crippen LogP contribution in [0.25, 0.3) is 11.1 Å². The Bertz CT molecular complexity index is 1670. The van der Waals surface area contributed by atoms with Crippen molar-refractivity contribution in [2.24, 2.45) is 10.8 Å². The average molecular weight is 579 g/mol. The standard InChI is InChI=1S/C30H25ClF2N4O4/c1-37-14-22-21(13-36-37)40-28-20(39-22)10-16(29(34)38)25(27(28)33)24-17-12-30(23-8-5-9-35-23,15-6-3-2-4-7-15)41-19(17)11-18(32)26(24)31/h2-4,6-7,10-11,13,23,35H,5,8-9,12,14H2,1H3,(H2,34,38)/t23-,30-/m0/s1. The number of benzene rings is 3. The molecular formula is C30H25ClF2N4O4. The maximum Gasteiger partial charge on any atom is 0.249 e. The van der Waals surface area contributed by atoms with Crippen LogP contribution in [0.15, 0.2) is 59.1 Å². The van der Waals surface area contributed by atoms with Crippen LogP contribution in [0.5, 0.6) is 17.2 Å². The van der Waals surface area contributed by atoms with E-state index in [0.29, 0.717) is 11.3 Å². The Hall–Kier alpha value is -4.15. The van der Waals surface area contributed by atoms with Crippen molar-refractivity contribution in [2.75, 3.05) is 20.1 Å². The topological polar surface area (TPSA) is 98.4 Å². The number of likely N-dealkylation sites (N-methyl/N-ethyl adjacent to an activating group) is 1. The van der Waals surface area contributed by atoms with Crippen molar-refractivity contribution in [3.8, 4) is 28.4 Å². The van der Waals surface area contributed by atoms with Crippen molar-refractivity contribution in [1.29, 1.82) is 0 Å². The second kappa shape index (κ2) is 9.46. The fourth-order valence-corrected chi connectivity index (χ4v) is 6.46. The Morgan fingerprint density at radius 3 is 2.71 bits per heavy atom. The summed E-state index contributed by atoms with van der Waals surface area (Å²) in [5, 5.41) is 8.93. The quantitative estimate of drug-likeness (QED) is 0.458. The largest absolute Gasteiger partial charge is 0.480 e. The minimum Gasteiger partial charge on any atom is -0.480 e. The molecule has 0 unspecified atom stereocenters. The number of primary amides is 1. The summed E-state index contributed by atoms with van der Waals surface area (Å²) in [5.41, 5.74) is 5.70. The fourth-order valence-electron chi connectivity index (χ4n) is 6.20. The summed E-state index contributed by atoms with van der Waals surface area (Å²) in [5.74, 6) is -2.18. The molecule has 4 heterocycles. The number of hydrazone groups is 1. The van der Waals surface area contributed by atoms with E-state index < -0.39 is 23.1 Å². The number of hydrogen-bond acceptors (Lipinski definition) is 7. The average Bonchev–Trinajstić information content (AvgIpc) is 3.63. The number of rotatable bonds is 4. The maximum atomic E-state index is 16.6. The van der Waals surface area contributed by atoms with Crippen molar-refractivity contribution < 1.29 is 27.8 Å². The van der Waals surface area contributed by atoms with Gasteiger partial charge in [0.05, 0.1) is 29.4 Å². The molecule has 0 saturated carbocycles. The van der Waals surface area contributed by atoms with Gasteiger partial charge in [0.2, 0.25) is 11.7 Å². The molecule has 3 aromatic rings. The highest BCUT2D eigenvalue weighted by molar-refractivity contribution is 6.34. The van der Waals surface area contributed by atoms with Crippen LogP contribution < -0.4 is 25.3 Å². The first-order valence-corrected chi connectivity index (χ1v) is 13.6. The Kier molecular flexibility index (Phi) is 5.95. The molecule has 3 N–H and O–H groups in total. The minimum atomic E-state index is -0.957. The van der Waals surface area contributed by atoms with Crippen LogP contribution in [-0.4, -0.2) is 43.3 Å². The number of carbonyl (C=O) groups excluding carboxylic acids is 1. The predicted molar refractivity (Wildman–Crippen MR) is 148 cm³/mol. The van der Waals surface area contributed by atoms with E-state index in [0.717, 1.165) is 24.9 Å². The Balaban J connectivity index is 1.43. The van der Waals surface area contributed by atoms with Crippen molar-refractivity contribution in [3.05, 3.63) is 87.3 Å². The molecule has 3 aromatic carbocycles. The van der Waals surface area contributed by atoms with Crippen LogP contribution in [0, 0.1) is 11.6 Å². The third kappa shape index (κ3) is 3.96. The van der Waals surface area contributed by atoms with Crippen molar-refractivity contribution in [2.45, 2.75) is 30.9 Å². The van der Waals surface area contributed by atoms with E-state index in [4.69, 9.17) is 31.5 Å². The Labute approximate surface area is 239 Å². The number of nitrogens with zero attached hydrogens (tertiary/aromatic N) is 2. The van der Waals surface area contributed by atoms with E-state index >= 15 is 8.78 Å². The molecule has 210 valence electrons. The summed E-state index contributed by atoms with van der Waals surface area (Å²) >= 11 is 6.60. The van der Waals surface area contributed by atoms with Gasteiger partial charge in [0.15, 0.2) is 28.7 Å². The molecule has 4 aliphatic rings. The number of carbonyl (C=O) groups is 1. The highest BCUT2D eigenvalue weighted by Gasteiger charge is 2.50. The zero-order valence-electron chi connectivity index (χ0n) is 22.0. The highest BCUT2D eigenvalue weighted by atomic mass is 35.5. The third-order valence-corrected chi connectivity index (χ3v) is 8.44. The van der Waals surface area contributed by atoms with Gasteiger partial charge in [-0.25, -0.2) is 8.78 Å². The molecule has 0 bridgehead atoms. The van der Waals surface area contributed by atoms with Crippen molar-refractivity contribution >= 4 is 23.7 Å².